The number of rotatable bonds is 4. The molecule has 0 spiro atoms. The first kappa shape index (κ1) is 20.5. The summed E-state index contributed by atoms with van der Waals surface area (Å²) >= 11 is 0. The van der Waals surface area contributed by atoms with E-state index < -0.39 is 5.97 Å². The number of piperidine rings is 1. The van der Waals surface area contributed by atoms with Gasteiger partial charge in [0.15, 0.2) is 11.5 Å². The highest BCUT2D eigenvalue weighted by Gasteiger charge is 2.34. The molecule has 2 heterocycles. The number of nitrogens with one attached hydrogen (secondary N) is 1. The Bertz CT molecular complexity index is 1450. The number of nitrogens with zero attached hydrogens (tertiary/aromatic N) is 2. The molecule has 7 nitrogen and oxygen atoms in total. The number of hydrogen-bond donors (Lipinski definition) is 1. The van der Waals surface area contributed by atoms with E-state index in [0.29, 0.717) is 45.1 Å². The van der Waals surface area contributed by atoms with Gasteiger partial charge in [0, 0.05) is 29.9 Å². The quantitative estimate of drug-likeness (QED) is 0.432. The second kappa shape index (κ2) is 7.73. The molecule has 0 saturated carbocycles. The van der Waals surface area contributed by atoms with Crippen molar-refractivity contribution in [2.24, 2.45) is 5.92 Å². The van der Waals surface area contributed by atoms with Crippen LogP contribution in [0.1, 0.15) is 46.0 Å². The Balaban J connectivity index is 1.54. The normalized spacial score (nSPS) is 15.4. The summed E-state index contributed by atoms with van der Waals surface area (Å²) in [4.78, 5) is 27.1. The molecule has 3 aromatic carbocycles. The molecular formula is C27H22N3O4-. The van der Waals surface area contributed by atoms with Gasteiger partial charge >= 0.3 is 0 Å². The summed E-state index contributed by atoms with van der Waals surface area (Å²) in [6.07, 6.45) is 2.17. The minimum Gasteiger partial charge on any atom is -0.545 e. The Morgan fingerprint density at radius 2 is 1.79 bits per heavy atom. The van der Waals surface area contributed by atoms with Crippen molar-refractivity contribution in [3.05, 3.63) is 71.3 Å². The van der Waals surface area contributed by atoms with Gasteiger partial charge in [-0.25, -0.2) is 0 Å². The summed E-state index contributed by atoms with van der Waals surface area (Å²) in [6, 6.07) is 15.7. The Hall–Kier alpha value is -4.13. The average molecular weight is 452 g/mol. The van der Waals surface area contributed by atoms with Crippen molar-refractivity contribution in [1.82, 2.24) is 5.16 Å². The number of carbonyl (C=O) groups is 2. The molecule has 1 N–H and O–H groups in total. The van der Waals surface area contributed by atoms with Crippen LogP contribution in [-0.2, 0) is 0 Å². The molecule has 34 heavy (non-hydrogen) atoms. The number of aromatic carboxylic acids is 1. The van der Waals surface area contributed by atoms with Crippen molar-refractivity contribution < 1.29 is 19.2 Å². The number of fused-ring (bicyclic) bond motifs is 2. The third-order valence-electron chi connectivity index (χ3n) is 6.90. The molecule has 1 saturated heterocycles. The minimum atomic E-state index is -1.23. The molecule has 0 radical (unpaired) electrons. The van der Waals surface area contributed by atoms with E-state index in [9.17, 15) is 14.7 Å². The van der Waals surface area contributed by atoms with Gasteiger partial charge in [-0.1, -0.05) is 48.5 Å². The highest BCUT2D eigenvalue weighted by atomic mass is 16.5. The predicted octanol–water partition coefficient (Wildman–Crippen LogP) is 4.38. The van der Waals surface area contributed by atoms with Crippen LogP contribution in [0.4, 0.5) is 17.1 Å². The summed E-state index contributed by atoms with van der Waals surface area (Å²) in [7, 11) is 0. The van der Waals surface area contributed by atoms with Crippen LogP contribution in [0.5, 0.6) is 0 Å². The Kier molecular flexibility index (Phi) is 4.65. The van der Waals surface area contributed by atoms with Crippen molar-refractivity contribution in [2.75, 3.05) is 23.3 Å². The van der Waals surface area contributed by atoms with Crippen LogP contribution >= 0.6 is 0 Å². The topological polar surface area (TPSA) is 98.5 Å². The third-order valence-corrected chi connectivity index (χ3v) is 6.90. The van der Waals surface area contributed by atoms with Gasteiger partial charge in [0.05, 0.1) is 28.3 Å². The molecule has 4 aromatic rings. The maximum absolute atomic E-state index is 13.7. The van der Waals surface area contributed by atoms with Gasteiger partial charge in [-0.05, 0) is 42.5 Å². The van der Waals surface area contributed by atoms with Crippen molar-refractivity contribution in [3.8, 4) is 11.3 Å². The summed E-state index contributed by atoms with van der Waals surface area (Å²) in [5, 5.41) is 19.6. The number of carboxylic acid groups (broad SMARTS) is 1. The summed E-state index contributed by atoms with van der Waals surface area (Å²) in [6.45, 7) is 4.08. The molecule has 7 heteroatoms. The Morgan fingerprint density at radius 1 is 1.09 bits per heavy atom. The Morgan fingerprint density at radius 3 is 2.50 bits per heavy atom. The number of hydrogen-bond acceptors (Lipinski definition) is 7. The first-order valence-corrected chi connectivity index (χ1v) is 11.4. The molecule has 2 aliphatic rings. The van der Waals surface area contributed by atoms with Crippen molar-refractivity contribution in [2.45, 2.75) is 19.8 Å². The van der Waals surface area contributed by atoms with Gasteiger partial charge in [-0.15, -0.1) is 0 Å². The predicted molar refractivity (Wildman–Crippen MR) is 128 cm³/mol. The van der Waals surface area contributed by atoms with Gasteiger partial charge < -0.3 is 24.6 Å². The van der Waals surface area contributed by atoms with Crippen LogP contribution in [-0.4, -0.2) is 30.0 Å². The average Bonchev–Trinajstić information content (AvgIpc) is 3.29. The molecule has 0 bridgehead atoms. The van der Waals surface area contributed by atoms with Crippen LogP contribution < -0.4 is 15.3 Å². The fourth-order valence-corrected chi connectivity index (χ4v) is 4.98. The maximum Gasteiger partial charge on any atom is 0.196 e. The van der Waals surface area contributed by atoms with Gasteiger partial charge in [0.2, 0.25) is 0 Å². The van der Waals surface area contributed by atoms with E-state index in [1.807, 2.05) is 24.3 Å². The van der Waals surface area contributed by atoms with Crippen molar-refractivity contribution >= 4 is 39.7 Å². The number of ketones is 1. The van der Waals surface area contributed by atoms with Crippen LogP contribution in [0, 0.1) is 5.92 Å². The number of carbonyl (C=O) groups excluding carboxylic acids is 2. The van der Waals surface area contributed by atoms with Gasteiger partial charge in [0.25, 0.3) is 0 Å². The van der Waals surface area contributed by atoms with E-state index in [0.717, 1.165) is 37.2 Å². The van der Waals surface area contributed by atoms with Crippen molar-refractivity contribution in [1.29, 1.82) is 0 Å². The molecule has 1 fully saturated rings. The van der Waals surface area contributed by atoms with E-state index >= 15 is 0 Å². The largest absolute Gasteiger partial charge is 0.545 e. The molecule has 6 rings (SSSR count). The second-order valence-electron chi connectivity index (χ2n) is 9.09. The number of aromatic nitrogens is 1. The van der Waals surface area contributed by atoms with E-state index in [-0.39, 0.29) is 11.3 Å². The number of anilines is 3. The minimum absolute atomic E-state index is 0.0935. The lowest BCUT2D eigenvalue weighted by Crippen LogP contribution is -2.33. The zero-order valence-electron chi connectivity index (χ0n) is 18.6. The Labute approximate surface area is 196 Å². The molecule has 1 aliphatic heterocycles. The van der Waals surface area contributed by atoms with Gasteiger partial charge in [-0.2, -0.15) is 0 Å². The standard InChI is InChI=1S/C27H23N3O4/c1-15-10-12-30(13-11-15)21-14-20(28-17-8-6-16(7-9-17)27(32)33)22-23-24(21)29-34-26(23)19-5-3-2-4-18(19)25(22)31/h2-9,14-15,28H,10-13H2,1H3,(H,32,33)/p-1. The number of carboxylic acids is 1. The summed E-state index contributed by atoms with van der Waals surface area (Å²) < 4.78 is 5.84. The fourth-order valence-electron chi connectivity index (χ4n) is 4.98. The molecular weight excluding hydrogens is 430 g/mol. The van der Waals surface area contributed by atoms with Crippen LogP contribution in [0.2, 0.25) is 0 Å². The maximum atomic E-state index is 13.7. The molecule has 1 aliphatic carbocycles. The lowest BCUT2D eigenvalue weighted by Gasteiger charge is -2.33. The zero-order valence-corrected chi connectivity index (χ0v) is 18.6. The number of benzene rings is 3. The summed E-state index contributed by atoms with van der Waals surface area (Å²) in [5.74, 6) is -0.0524. The smallest absolute Gasteiger partial charge is 0.196 e. The highest BCUT2D eigenvalue weighted by Crippen LogP contribution is 2.46. The lowest BCUT2D eigenvalue weighted by atomic mass is 9.86. The van der Waals surface area contributed by atoms with Gasteiger partial charge in [-0.3, -0.25) is 4.79 Å². The van der Waals surface area contributed by atoms with Gasteiger partial charge in [0.1, 0.15) is 5.52 Å². The van der Waals surface area contributed by atoms with Crippen LogP contribution in [0.15, 0.2) is 59.1 Å². The van der Waals surface area contributed by atoms with Crippen LogP contribution in [0.3, 0.4) is 0 Å². The monoisotopic (exact) mass is 452 g/mol. The van der Waals surface area contributed by atoms with Crippen molar-refractivity contribution in [3.63, 3.8) is 0 Å². The molecule has 0 amide bonds. The first-order chi connectivity index (χ1) is 16.5. The SMILES string of the molecule is CC1CCN(c2cc(Nc3ccc(C(=O)[O-])cc3)c3c4c(onc24)-c2ccccc2C3=O)CC1. The molecule has 0 atom stereocenters. The molecule has 1 aromatic heterocycles. The fraction of sp³-hybridized carbons (Fsp3) is 0.222. The van der Waals surface area contributed by atoms with E-state index in [2.05, 4.69) is 22.3 Å². The first-order valence-electron chi connectivity index (χ1n) is 11.4. The van der Waals surface area contributed by atoms with Crippen LogP contribution in [0.25, 0.3) is 22.2 Å². The summed E-state index contributed by atoms with van der Waals surface area (Å²) in [5.41, 5.74) is 4.87. The molecule has 0 unspecified atom stereocenters. The van der Waals surface area contributed by atoms with E-state index in [4.69, 9.17) is 4.52 Å². The second-order valence-corrected chi connectivity index (χ2v) is 9.09. The van der Waals surface area contributed by atoms with E-state index in [1.54, 1.807) is 18.2 Å². The highest BCUT2D eigenvalue weighted by molar-refractivity contribution is 6.28. The lowest BCUT2D eigenvalue weighted by molar-refractivity contribution is -0.255. The third kappa shape index (κ3) is 3.15. The molecule has 170 valence electrons. The van der Waals surface area contributed by atoms with E-state index in [1.165, 1.54) is 12.1 Å². The zero-order chi connectivity index (χ0) is 23.4.